The summed E-state index contributed by atoms with van der Waals surface area (Å²) in [6.45, 7) is 1.43. The lowest BCUT2D eigenvalue weighted by Gasteiger charge is -2.60. The number of amides is 2. The number of rotatable bonds is 7. The third-order valence-corrected chi connectivity index (χ3v) is 7.08. The summed E-state index contributed by atoms with van der Waals surface area (Å²) in [6, 6.07) is 11.2. The summed E-state index contributed by atoms with van der Waals surface area (Å²) in [5.41, 5.74) is -0.253. The molecule has 1 N–H and O–H groups in total. The summed E-state index contributed by atoms with van der Waals surface area (Å²) >= 11 is 0. The second-order valence-electron chi connectivity index (χ2n) is 9.57. The first kappa shape index (κ1) is 21.4. The molecule has 4 aliphatic carbocycles. The SMILES string of the molecule is CC(=O)NC12CC3CC(C1)CC(C(=O)OCC(=O)N(CCC#N)c1ccccc1)(C3)C2. The van der Waals surface area contributed by atoms with Gasteiger partial charge in [0, 0.05) is 24.7 Å². The quantitative estimate of drug-likeness (QED) is 0.680. The Morgan fingerprint density at radius 3 is 2.45 bits per heavy atom. The van der Waals surface area contributed by atoms with Crippen molar-refractivity contribution in [3.05, 3.63) is 30.3 Å². The minimum Gasteiger partial charge on any atom is -0.455 e. The van der Waals surface area contributed by atoms with E-state index in [9.17, 15) is 14.4 Å². The van der Waals surface area contributed by atoms with Crippen molar-refractivity contribution in [3.8, 4) is 6.07 Å². The number of carbonyl (C=O) groups is 3. The van der Waals surface area contributed by atoms with Crippen LogP contribution in [0.25, 0.3) is 0 Å². The molecule has 1 aromatic carbocycles. The van der Waals surface area contributed by atoms with E-state index in [0.29, 0.717) is 23.9 Å². The zero-order chi connectivity index (χ0) is 22.1. The highest BCUT2D eigenvalue weighted by Gasteiger charge is 2.61. The molecule has 31 heavy (non-hydrogen) atoms. The average molecular weight is 424 g/mol. The fraction of sp³-hybridized carbons (Fsp3) is 0.583. The van der Waals surface area contributed by atoms with Gasteiger partial charge in [0.1, 0.15) is 0 Å². The van der Waals surface area contributed by atoms with Crippen molar-refractivity contribution in [2.75, 3.05) is 18.1 Å². The Labute approximate surface area is 182 Å². The molecular weight excluding hydrogens is 394 g/mol. The maximum atomic E-state index is 13.2. The number of nitrogens with one attached hydrogen (secondary N) is 1. The zero-order valence-electron chi connectivity index (χ0n) is 17.9. The second-order valence-corrected chi connectivity index (χ2v) is 9.57. The predicted octanol–water partition coefficient (Wildman–Crippen LogP) is 2.95. The molecule has 4 aliphatic rings. The summed E-state index contributed by atoms with van der Waals surface area (Å²) < 4.78 is 5.60. The van der Waals surface area contributed by atoms with Crippen LogP contribution in [-0.2, 0) is 19.1 Å². The molecule has 4 bridgehead atoms. The molecule has 7 heteroatoms. The van der Waals surface area contributed by atoms with Crippen LogP contribution < -0.4 is 10.2 Å². The number of carbonyl (C=O) groups excluding carboxylic acids is 3. The molecule has 2 atom stereocenters. The van der Waals surface area contributed by atoms with E-state index in [-0.39, 0.29) is 42.9 Å². The molecule has 0 saturated heterocycles. The van der Waals surface area contributed by atoms with Crippen molar-refractivity contribution in [2.45, 2.75) is 57.4 Å². The van der Waals surface area contributed by atoms with Crippen LogP contribution in [0.1, 0.15) is 51.9 Å². The summed E-state index contributed by atoms with van der Waals surface area (Å²) in [6.07, 6.45) is 5.28. The molecule has 164 valence electrons. The molecule has 7 nitrogen and oxygen atoms in total. The monoisotopic (exact) mass is 423 g/mol. The Morgan fingerprint density at radius 2 is 1.84 bits per heavy atom. The number of para-hydroxylation sites is 1. The van der Waals surface area contributed by atoms with E-state index in [2.05, 4.69) is 11.4 Å². The smallest absolute Gasteiger partial charge is 0.312 e. The predicted molar refractivity (Wildman–Crippen MR) is 114 cm³/mol. The third kappa shape index (κ3) is 4.30. The molecule has 4 fully saturated rings. The van der Waals surface area contributed by atoms with E-state index in [1.54, 1.807) is 12.1 Å². The van der Waals surface area contributed by atoms with E-state index in [0.717, 1.165) is 32.1 Å². The maximum Gasteiger partial charge on any atom is 0.312 e. The first-order chi connectivity index (χ1) is 14.8. The molecule has 0 aliphatic heterocycles. The normalized spacial score (nSPS) is 30.3. The zero-order valence-corrected chi connectivity index (χ0v) is 17.9. The Bertz CT molecular complexity index is 893. The van der Waals surface area contributed by atoms with Gasteiger partial charge in [0.15, 0.2) is 6.61 Å². The summed E-state index contributed by atoms with van der Waals surface area (Å²) in [5, 5.41) is 12.1. The lowest BCUT2D eigenvalue weighted by molar-refractivity contribution is -0.177. The van der Waals surface area contributed by atoms with Gasteiger partial charge < -0.3 is 15.0 Å². The van der Waals surface area contributed by atoms with Crippen LogP contribution in [0.5, 0.6) is 0 Å². The van der Waals surface area contributed by atoms with E-state index in [1.165, 1.54) is 11.8 Å². The van der Waals surface area contributed by atoms with Crippen molar-refractivity contribution in [1.29, 1.82) is 5.26 Å². The van der Waals surface area contributed by atoms with Crippen LogP contribution >= 0.6 is 0 Å². The number of nitriles is 1. The first-order valence-electron chi connectivity index (χ1n) is 11.0. The lowest BCUT2D eigenvalue weighted by Crippen LogP contribution is -2.64. The molecular formula is C24H29N3O4. The fourth-order valence-electron chi connectivity index (χ4n) is 6.55. The van der Waals surface area contributed by atoms with E-state index in [4.69, 9.17) is 10.00 Å². The van der Waals surface area contributed by atoms with Crippen molar-refractivity contribution in [1.82, 2.24) is 5.32 Å². The summed E-state index contributed by atoms with van der Waals surface area (Å²) in [4.78, 5) is 39.4. The summed E-state index contributed by atoms with van der Waals surface area (Å²) in [7, 11) is 0. The van der Waals surface area contributed by atoms with Gasteiger partial charge in [-0.05, 0) is 62.5 Å². The number of hydrogen-bond acceptors (Lipinski definition) is 5. The number of esters is 1. The Morgan fingerprint density at radius 1 is 1.16 bits per heavy atom. The molecule has 0 heterocycles. The number of hydrogen-bond donors (Lipinski definition) is 1. The topological polar surface area (TPSA) is 99.5 Å². The third-order valence-electron chi connectivity index (χ3n) is 7.08. The van der Waals surface area contributed by atoms with Gasteiger partial charge in [-0.2, -0.15) is 5.26 Å². The van der Waals surface area contributed by atoms with Crippen LogP contribution in [0.2, 0.25) is 0 Å². The van der Waals surface area contributed by atoms with Crippen LogP contribution in [0.3, 0.4) is 0 Å². The number of benzene rings is 1. The minimum absolute atomic E-state index is 0.0587. The molecule has 0 spiro atoms. The fourth-order valence-corrected chi connectivity index (χ4v) is 6.55. The molecule has 5 rings (SSSR count). The highest BCUT2D eigenvalue weighted by molar-refractivity contribution is 5.95. The van der Waals surface area contributed by atoms with Gasteiger partial charge in [-0.25, -0.2) is 0 Å². The average Bonchev–Trinajstić information content (AvgIpc) is 2.71. The van der Waals surface area contributed by atoms with Crippen LogP contribution in [0.15, 0.2) is 30.3 Å². The molecule has 0 radical (unpaired) electrons. The van der Waals surface area contributed by atoms with Gasteiger partial charge >= 0.3 is 5.97 Å². The number of anilines is 1. The van der Waals surface area contributed by atoms with Crippen LogP contribution in [-0.4, -0.2) is 36.5 Å². The van der Waals surface area contributed by atoms with Crippen LogP contribution in [0.4, 0.5) is 5.69 Å². The summed E-state index contributed by atoms with van der Waals surface area (Å²) in [5.74, 6) is 0.103. The van der Waals surface area contributed by atoms with Crippen molar-refractivity contribution in [3.63, 3.8) is 0 Å². The van der Waals surface area contributed by atoms with Gasteiger partial charge in [0.05, 0.1) is 17.9 Å². The van der Waals surface area contributed by atoms with Gasteiger partial charge in [-0.3, -0.25) is 14.4 Å². The highest BCUT2D eigenvalue weighted by atomic mass is 16.5. The standard InChI is InChI=1S/C24H29N3O4/c1-17(28)26-24-13-18-10-19(14-24)12-23(11-18,16-24)22(30)31-15-21(29)27(9-5-8-25)20-6-3-2-4-7-20/h2-4,6-7,18-19H,5,9-16H2,1H3,(H,26,28). The van der Waals surface area contributed by atoms with Gasteiger partial charge in [0.25, 0.3) is 5.91 Å². The van der Waals surface area contributed by atoms with E-state index >= 15 is 0 Å². The lowest BCUT2D eigenvalue weighted by atomic mass is 9.47. The minimum atomic E-state index is -0.614. The van der Waals surface area contributed by atoms with Gasteiger partial charge in [-0.15, -0.1) is 0 Å². The van der Waals surface area contributed by atoms with Gasteiger partial charge in [-0.1, -0.05) is 18.2 Å². The van der Waals surface area contributed by atoms with Crippen LogP contribution in [0, 0.1) is 28.6 Å². The van der Waals surface area contributed by atoms with Crippen molar-refractivity contribution in [2.24, 2.45) is 17.3 Å². The Hall–Kier alpha value is -2.88. The van der Waals surface area contributed by atoms with E-state index in [1.807, 2.05) is 18.2 Å². The molecule has 2 unspecified atom stereocenters. The molecule has 2 amide bonds. The van der Waals surface area contributed by atoms with Crippen molar-refractivity contribution >= 4 is 23.5 Å². The highest BCUT2D eigenvalue weighted by Crippen LogP contribution is 2.62. The number of nitrogens with zero attached hydrogens (tertiary/aromatic N) is 2. The Kier molecular flexibility index (Phi) is 5.74. The van der Waals surface area contributed by atoms with E-state index < -0.39 is 5.41 Å². The first-order valence-corrected chi connectivity index (χ1v) is 11.0. The van der Waals surface area contributed by atoms with Gasteiger partial charge in [0.2, 0.25) is 5.91 Å². The van der Waals surface area contributed by atoms with Crippen molar-refractivity contribution < 1.29 is 19.1 Å². The maximum absolute atomic E-state index is 13.2. The molecule has 4 saturated carbocycles. The largest absolute Gasteiger partial charge is 0.455 e. The Balaban J connectivity index is 1.45. The molecule has 1 aromatic rings. The molecule has 0 aromatic heterocycles. The number of ether oxygens (including phenoxy) is 1. The second kappa shape index (κ2) is 8.33.